The molecule has 0 fully saturated rings. The molecule has 9 aromatic carbocycles. The highest BCUT2D eigenvalue weighted by Crippen LogP contribution is 2.47. The summed E-state index contributed by atoms with van der Waals surface area (Å²) in [5.41, 5.74) is 16.5. The summed E-state index contributed by atoms with van der Waals surface area (Å²) in [5.74, 6) is 0. The zero-order valence-electron chi connectivity index (χ0n) is 35.1. The number of hydrogen-bond acceptors (Lipinski definition) is 3. The molecule has 1 atom stereocenters. The summed E-state index contributed by atoms with van der Waals surface area (Å²) < 4.78 is 0. The highest BCUT2D eigenvalue weighted by Gasteiger charge is 2.36. The van der Waals surface area contributed by atoms with Crippen molar-refractivity contribution in [3.8, 4) is 44.5 Å². The molecule has 0 aliphatic rings. The van der Waals surface area contributed by atoms with Crippen LogP contribution in [0.2, 0.25) is 0 Å². The van der Waals surface area contributed by atoms with Crippen LogP contribution in [-0.2, 0) is 10.8 Å². The maximum Gasteiger partial charge on any atom is 0.0423 e. The third kappa shape index (κ3) is 7.75. The highest BCUT2D eigenvalue weighted by atomic mass is 32.1. The molecule has 9 aromatic rings. The first-order valence-corrected chi connectivity index (χ1v) is 22.4. The first-order chi connectivity index (χ1) is 30.1. The highest BCUT2D eigenvalue weighted by molar-refractivity contribution is 7.80. The molecule has 0 aromatic heterocycles. The van der Waals surface area contributed by atoms with Crippen LogP contribution >= 0.6 is 37.9 Å². The Morgan fingerprint density at radius 1 is 0.274 bits per heavy atom. The van der Waals surface area contributed by atoms with Crippen LogP contribution < -0.4 is 0 Å². The molecule has 0 nitrogen and oxygen atoms in total. The molecule has 0 aliphatic heterocycles. The lowest BCUT2D eigenvalue weighted by Gasteiger charge is -2.36. The van der Waals surface area contributed by atoms with E-state index in [2.05, 4.69) is 239 Å². The Labute approximate surface area is 383 Å². The Kier molecular flexibility index (Phi) is 11.6. The predicted octanol–water partition coefficient (Wildman–Crippen LogP) is 16.2. The minimum absolute atomic E-state index is 0.528. The van der Waals surface area contributed by atoms with Crippen molar-refractivity contribution in [3.05, 3.63) is 257 Å². The quantitative estimate of drug-likeness (QED) is 0.0886. The summed E-state index contributed by atoms with van der Waals surface area (Å²) in [7, 11) is 0. The van der Waals surface area contributed by atoms with Crippen molar-refractivity contribution in [1.29, 1.82) is 0 Å². The molecule has 0 amide bonds. The van der Waals surface area contributed by atoms with Crippen LogP contribution in [0.5, 0.6) is 0 Å². The maximum absolute atomic E-state index is 4.98. The van der Waals surface area contributed by atoms with Gasteiger partial charge in [0.25, 0.3) is 0 Å². The Bertz CT molecular complexity index is 2610. The van der Waals surface area contributed by atoms with Gasteiger partial charge in [-0.05, 0) is 147 Å². The predicted molar refractivity (Wildman–Crippen MR) is 272 cm³/mol. The zero-order valence-corrected chi connectivity index (χ0v) is 37.8. The van der Waals surface area contributed by atoms with E-state index in [1.165, 1.54) is 50.1 Å². The first kappa shape index (κ1) is 41.4. The SMILES string of the molecule is Cc1ccc(C(C)(c2ccc(C(C)(c3ccc(S)c(-c4ccccc4)c3)c3ccc(S)c(-c4ccccc4)c3)cc2)c2ccc(S)c(-c3ccccc3)c2)cc1-c1ccccc1. The van der Waals surface area contributed by atoms with Gasteiger partial charge < -0.3 is 0 Å². The third-order valence-electron chi connectivity index (χ3n) is 12.9. The van der Waals surface area contributed by atoms with Gasteiger partial charge in [0.15, 0.2) is 0 Å². The van der Waals surface area contributed by atoms with Gasteiger partial charge in [-0.25, -0.2) is 0 Å². The second-order valence-corrected chi connectivity index (χ2v) is 18.0. The summed E-state index contributed by atoms with van der Waals surface area (Å²) in [6, 6.07) is 79.0. The molecule has 0 radical (unpaired) electrons. The summed E-state index contributed by atoms with van der Waals surface area (Å²) in [6.07, 6.45) is 0. The van der Waals surface area contributed by atoms with Gasteiger partial charge in [0, 0.05) is 25.5 Å². The van der Waals surface area contributed by atoms with Crippen LogP contribution in [-0.4, -0.2) is 0 Å². The van der Waals surface area contributed by atoms with E-state index >= 15 is 0 Å². The van der Waals surface area contributed by atoms with Crippen LogP contribution in [0.3, 0.4) is 0 Å². The Morgan fingerprint density at radius 3 is 0.823 bits per heavy atom. The Hall–Kier alpha value is -5.97. The average Bonchev–Trinajstić information content (AvgIpc) is 3.33. The molecule has 0 aliphatic carbocycles. The molecular formula is C59H48S3. The summed E-state index contributed by atoms with van der Waals surface area (Å²) >= 11 is 14.9. The number of hydrogen-bond donors (Lipinski definition) is 3. The summed E-state index contributed by atoms with van der Waals surface area (Å²) in [4.78, 5) is 2.84. The molecular weight excluding hydrogens is 805 g/mol. The number of benzene rings is 9. The van der Waals surface area contributed by atoms with Crippen LogP contribution in [0.1, 0.15) is 52.8 Å². The number of thiol groups is 3. The van der Waals surface area contributed by atoms with Crippen LogP contribution in [0.15, 0.2) is 233 Å². The number of aryl methyl sites for hydroxylation is 1. The topological polar surface area (TPSA) is 0 Å². The molecule has 0 spiro atoms. The van der Waals surface area contributed by atoms with Crippen LogP contribution in [0.4, 0.5) is 0 Å². The fraction of sp³-hybridized carbons (Fsp3) is 0.0847. The van der Waals surface area contributed by atoms with Gasteiger partial charge in [-0.1, -0.05) is 176 Å². The smallest absolute Gasteiger partial charge is 0.0423 e. The lowest BCUT2D eigenvalue weighted by Crippen LogP contribution is -2.28. The number of rotatable bonds is 10. The minimum Gasteiger partial charge on any atom is -0.143 e. The van der Waals surface area contributed by atoms with E-state index in [4.69, 9.17) is 37.9 Å². The van der Waals surface area contributed by atoms with Crippen molar-refractivity contribution in [2.24, 2.45) is 0 Å². The molecule has 0 N–H and O–H groups in total. The fourth-order valence-corrected chi connectivity index (χ4v) is 9.89. The van der Waals surface area contributed by atoms with Crippen molar-refractivity contribution in [3.63, 3.8) is 0 Å². The van der Waals surface area contributed by atoms with E-state index in [9.17, 15) is 0 Å². The standard InChI is InChI=1S/C59H48S3/c1-40-24-25-47(36-51(40)41-16-8-4-9-17-41)58(2,48-30-33-55(60)52(37-48)42-18-10-5-11-19-42)45-26-28-46(29-27-45)59(3,49-31-34-56(61)53(38-49)43-20-12-6-13-21-43)50-32-35-57(62)54(39-50)44-22-14-7-15-23-44/h4-39,60-62H,1-3H3. The van der Waals surface area contributed by atoms with Gasteiger partial charge in [-0.15, -0.1) is 37.9 Å². The van der Waals surface area contributed by atoms with E-state index in [0.29, 0.717) is 0 Å². The van der Waals surface area contributed by atoms with Crippen LogP contribution in [0, 0.1) is 6.92 Å². The van der Waals surface area contributed by atoms with Gasteiger partial charge in [-0.3, -0.25) is 0 Å². The molecule has 0 heterocycles. The van der Waals surface area contributed by atoms with Crippen molar-refractivity contribution in [2.75, 3.05) is 0 Å². The van der Waals surface area contributed by atoms with Gasteiger partial charge in [0.1, 0.15) is 0 Å². The van der Waals surface area contributed by atoms with Gasteiger partial charge >= 0.3 is 0 Å². The second kappa shape index (κ2) is 17.4. The molecule has 0 saturated carbocycles. The van der Waals surface area contributed by atoms with E-state index in [0.717, 1.165) is 48.1 Å². The largest absolute Gasteiger partial charge is 0.143 e. The van der Waals surface area contributed by atoms with Gasteiger partial charge in [0.05, 0.1) is 0 Å². The lowest BCUT2D eigenvalue weighted by atomic mass is 9.67. The van der Waals surface area contributed by atoms with Crippen LogP contribution in [0.25, 0.3) is 44.5 Å². The van der Waals surface area contributed by atoms with E-state index in [1.807, 2.05) is 0 Å². The molecule has 302 valence electrons. The van der Waals surface area contributed by atoms with E-state index < -0.39 is 10.8 Å². The van der Waals surface area contributed by atoms with Gasteiger partial charge in [-0.2, -0.15) is 0 Å². The van der Waals surface area contributed by atoms with Crippen molar-refractivity contribution < 1.29 is 0 Å². The van der Waals surface area contributed by atoms with E-state index in [1.54, 1.807) is 0 Å². The zero-order chi connectivity index (χ0) is 42.8. The molecule has 0 bridgehead atoms. The normalized spacial score (nSPS) is 12.5. The average molecular weight is 853 g/mol. The second-order valence-electron chi connectivity index (χ2n) is 16.5. The van der Waals surface area contributed by atoms with E-state index in [-0.39, 0.29) is 0 Å². The maximum atomic E-state index is 4.98. The van der Waals surface area contributed by atoms with Crippen molar-refractivity contribution in [2.45, 2.75) is 46.3 Å². The summed E-state index contributed by atoms with van der Waals surface area (Å²) in [5, 5.41) is 0. The molecule has 62 heavy (non-hydrogen) atoms. The Balaban J connectivity index is 1.25. The molecule has 9 rings (SSSR count). The third-order valence-corrected chi connectivity index (χ3v) is 14.1. The first-order valence-electron chi connectivity index (χ1n) is 21.1. The molecule has 0 saturated heterocycles. The Morgan fingerprint density at radius 2 is 0.516 bits per heavy atom. The molecule has 1 unspecified atom stereocenters. The minimum atomic E-state index is -0.552. The fourth-order valence-electron chi connectivity index (χ4n) is 9.09. The van der Waals surface area contributed by atoms with Gasteiger partial charge in [0.2, 0.25) is 0 Å². The monoisotopic (exact) mass is 852 g/mol. The summed E-state index contributed by atoms with van der Waals surface area (Å²) in [6.45, 7) is 6.93. The lowest BCUT2D eigenvalue weighted by molar-refractivity contribution is 0.676. The van der Waals surface area contributed by atoms with Crippen molar-refractivity contribution in [1.82, 2.24) is 0 Å². The molecule has 3 heteroatoms. The van der Waals surface area contributed by atoms with Crippen molar-refractivity contribution >= 4 is 37.9 Å².